The van der Waals surface area contributed by atoms with Gasteiger partial charge in [-0.1, -0.05) is 43.0 Å². The van der Waals surface area contributed by atoms with E-state index in [-0.39, 0.29) is 18.4 Å². The summed E-state index contributed by atoms with van der Waals surface area (Å²) in [4.78, 5) is 0. The van der Waals surface area contributed by atoms with E-state index in [2.05, 4.69) is 6.92 Å². The molecule has 1 nitrogen and oxygen atoms in total. The summed E-state index contributed by atoms with van der Waals surface area (Å²) in [5.74, 6) is 0. The molecule has 0 radical (unpaired) electrons. The predicted molar refractivity (Wildman–Crippen MR) is 70.2 cm³/mol. The summed E-state index contributed by atoms with van der Waals surface area (Å²) in [6.07, 6.45) is 3.21. The molecule has 0 heterocycles. The second kappa shape index (κ2) is 7.34. The molecule has 2 N–H and O–H groups in total. The minimum Gasteiger partial charge on any atom is -0.324 e. The van der Waals surface area contributed by atoms with E-state index in [0.717, 1.165) is 24.8 Å². The molecule has 0 aromatic heterocycles. The first-order valence-corrected chi connectivity index (χ1v) is 5.61. The lowest BCUT2D eigenvalue weighted by Gasteiger charge is -2.13. The number of rotatable bonds is 4. The Morgan fingerprint density at radius 3 is 2.60 bits per heavy atom. The number of halogens is 3. The van der Waals surface area contributed by atoms with Gasteiger partial charge in [-0.3, -0.25) is 0 Å². The normalized spacial score (nSPS) is 12.0. The van der Waals surface area contributed by atoms with Crippen molar-refractivity contribution < 1.29 is 0 Å². The first kappa shape index (κ1) is 15.0. The summed E-state index contributed by atoms with van der Waals surface area (Å²) < 4.78 is 0. The van der Waals surface area contributed by atoms with Gasteiger partial charge in [0.1, 0.15) is 0 Å². The minimum atomic E-state index is 0. The monoisotopic (exact) mass is 267 g/mol. The predicted octanol–water partition coefficient (Wildman–Crippen LogP) is 4.61. The third-order valence-corrected chi connectivity index (χ3v) is 2.81. The summed E-state index contributed by atoms with van der Waals surface area (Å²) in [6, 6.07) is 5.43. The molecular weight excluding hydrogens is 252 g/mol. The molecule has 0 aliphatic rings. The third kappa shape index (κ3) is 4.60. The van der Waals surface area contributed by atoms with Gasteiger partial charge in [0.05, 0.1) is 0 Å². The van der Waals surface area contributed by atoms with E-state index in [1.807, 2.05) is 6.07 Å². The van der Waals surface area contributed by atoms with Crippen LogP contribution in [0.4, 0.5) is 0 Å². The highest BCUT2D eigenvalue weighted by Crippen LogP contribution is 2.27. The van der Waals surface area contributed by atoms with E-state index in [1.165, 1.54) is 0 Å². The fourth-order valence-electron chi connectivity index (χ4n) is 1.38. The molecule has 0 fully saturated rings. The van der Waals surface area contributed by atoms with Crippen molar-refractivity contribution in [2.45, 2.75) is 32.2 Å². The smallest absolute Gasteiger partial charge is 0.0454 e. The molecule has 0 aliphatic heterocycles. The maximum Gasteiger partial charge on any atom is 0.0454 e. The Balaban J connectivity index is 0.00000196. The van der Waals surface area contributed by atoms with Gasteiger partial charge in [0.2, 0.25) is 0 Å². The average molecular weight is 269 g/mol. The molecule has 0 saturated heterocycles. The standard InChI is InChI=1S/C11H15Cl2N.ClH/c1-2-3-4-11(14)9-7-8(12)5-6-10(9)13;/h5-7,11H,2-4,14H2,1H3;1H/t11-;/m0./s1. The maximum atomic E-state index is 6.03. The second-order valence-electron chi connectivity index (χ2n) is 3.41. The van der Waals surface area contributed by atoms with Crippen molar-refractivity contribution in [3.05, 3.63) is 33.8 Å². The van der Waals surface area contributed by atoms with Gasteiger partial charge in [0.25, 0.3) is 0 Å². The molecule has 0 aliphatic carbocycles. The molecule has 1 aromatic carbocycles. The van der Waals surface area contributed by atoms with Gasteiger partial charge in [0.15, 0.2) is 0 Å². The highest BCUT2D eigenvalue weighted by molar-refractivity contribution is 6.33. The Kier molecular flexibility index (Phi) is 7.37. The molecule has 0 amide bonds. The zero-order valence-electron chi connectivity index (χ0n) is 8.67. The van der Waals surface area contributed by atoms with Crippen molar-refractivity contribution >= 4 is 35.6 Å². The Labute approximate surface area is 107 Å². The quantitative estimate of drug-likeness (QED) is 0.848. The van der Waals surface area contributed by atoms with Crippen LogP contribution < -0.4 is 5.73 Å². The van der Waals surface area contributed by atoms with Gasteiger partial charge in [-0.05, 0) is 30.2 Å². The number of nitrogens with two attached hydrogens (primary N) is 1. The lowest BCUT2D eigenvalue weighted by atomic mass is 10.0. The summed E-state index contributed by atoms with van der Waals surface area (Å²) in [5.41, 5.74) is 6.96. The van der Waals surface area contributed by atoms with Gasteiger partial charge < -0.3 is 5.73 Å². The highest BCUT2D eigenvalue weighted by atomic mass is 35.5. The molecule has 86 valence electrons. The zero-order chi connectivity index (χ0) is 10.6. The first-order valence-electron chi connectivity index (χ1n) is 4.85. The van der Waals surface area contributed by atoms with Crippen molar-refractivity contribution in [2.75, 3.05) is 0 Å². The molecule has 15 heavy (non-hydrogen) atoms. The number of hydrogen-bond acceptors (Lipinski definition) is 1. The van der Waals surface area contributed by atoms with Crippen LogP contribution >= 0.6 is 35.6 Å². The number of benzene rings is 1. The zero-order valence-corrected chi connectivity index (χ0v) is 11.0. The fourth-order valence-corrected chi connectivity index (χ4v) is 1.82. The number of hydrogen-bond donors (Lipinski definition) is 1. The largest absolute Gasteiger partial charge is 0.324 e. The Morgan fingerprint density at radius 2 is 2.00 bits per heavy atom. The fraction of sp³-hybridized carbons (Fsp3) is 0.455. The van der Waals surface area contributed by atoms with E-state index in [0.29, 0.717) is 10.0 Å². The van der Waals surface area contributed by atoms with Gasteiger partial charge >= 0.3 is 0 Å². The SMILES string of the molecule is CCCC[C@H](N)c1cc(Cl)ccc1Cl.Cl. The number of unbranched alkanes of at least 4 members (excludes halogenated alkanes) is 1. The van der Waals surface area contributed by atoms with Crippen LogP contribution in [0.3, 0.4) is 0 Å². The van der Waals surface area contributed by atoms with Crippen LogP contribution in [0.5, 0.6) is 0 Å². The van der Waals surface area contributed by atoms with E-state index in [1.54, 1.807) is 12.1 Å². The summed E-state index contributed by atoms with van der Waals surface area (Å²) >= 11 is 11.9. The molecule has 1 rings (SSSR count). The first-order chi connectivity index (χ1) is 6.65. The van der Waals surface area contributed by atoms with Gasteiger partial charge in [-0.2, -0.15) is 0 Å². The lowest BCUT2D eigenvalue weighted by molar-refractivity contribution is 0.603. The van der Waals surface area contributed by atoms with Crippen LogP contribution in [0.2, 0.25) is 10.0 Å². The van der Waals surface area contributed by atoms with Crippen molar-refractivity contribution in [3.63, 3.8) is 0 Å². The molecule has 0 unspecified atom stereocenters. The Hall–Kier alpha value is 0.0500. The van der Waals surface area contributed by atoms with Crippen molar-refractivity contribution in [1.29, 1.82) is 0 Å². The topological polar surface area (TPSA) is 26.0 Å². The molecule has 1 aromatic rings. The molecule has 0 saturated carbocycles. The van der Waals surface area contributed by atoms with E-state index in [9.17, 15) is 0 Å². The van der Waals surface area contributed by atoms with Gasteiger partial charge in [-0.25, -0.2) is 0 Å². The van der Waals surface area contributed by atoms with Crippen LogP contribution in [-0.4, -0.2) is 0 Å². The lowest BCUT2D eigenvalue weighted by Crippen LogP contribution is -2.10. The second-order valence-corrected chi connectivity index (χ2v) is 4.26. The average Bonchev–Trinajstić information content (AvgIpc) is 2.18. The van der Waals surface area contributed by atoms with Crippen molar-refractivity contribution in [2.24, 2.45) is 5.73 Å². The van der Waals surface area contributed by atoms with Crippen LogP contribution in [0.1, 0.15) is 37.8 Å². The van der Waals surface area contributed by atoms with E-state index >= 15 is 0 Å². The van der Waals surface area contributed by atoms with Gasteiger partial charge in [0, 0.05) is 16.1 Å². The van der Waals surface area contributed by atoms with Crippen LogP contribution in [-0.2, 0) is 0 Å². The summed E-state index contributed by atoms with van der Waals surface area (Å²) in [6.45, 7) is 2.15. The molecule has 0 spiro atoms. The van der Waals surface area contributed by atoms with E-state index in [4.69, 9.17) is 28.9 Å². The third-order valence-electron chi connectivity index (χ3n) is 2.23. The van der Waals surface area contributed by atoms with Crippen LogP contribution in [0.15, 0.2) is 18.2 Å². The summed E-state index contributed by atoms with van der Waals surface area (Å²) in [7, 11) is 0. The molecule has 0 bridgehead atoms. The van der Waals surface area contributed by atoms with Crippen LogP contribution in [0.25, 0.3) is 0 Å². The van der Waals surface area contributed by atoms with Crippen LogP contribution in [0, 0.1) is 0 Å². The summed E-state index contributed by atoms with van der Waals surface area (Å²) in [5, 5.41) is 1.40. The Bertz CT molecular complexity index is 302. The Morgan fingerprint density at radius 1 is 1.33 bits per heavy atom. The van der Waals surface area contributed by atoms with Gasteiger partial charge in [-0.15, -0.1) is 12.4 Å². The molecular formula is C11H16Cl3N. The minimum absolute atomic E-state index is 0. The van der Waals surface area contributed by atoms with Crippen molar-refractivity contribution in [3.8, 4) is 0 Å². The van der Waals surface area contributed by atoms with Crippen molar-refractivity contribution in [1.82, 2.24) is 0 Å². The highest BCUT2D eigenvalue weighted by Gasteiger charge is 2.09. The maximum absolute atomic E-state index is 6.03. The van der Waals surface area contributed by atoms with E-state index < -0.39 is 0 Å². The molecule has 1 atom stereocenters. The molecule has 4 heteroatoms.